The van der Waals surface area contributed by atoms with Crippen LogP contribution in [0.5, 0.6) is 0 Å². The largest absolute Gasteiger partial charge is 0.461 e. The Morgan fingerprint density at radius 3 is 2.58 bits per heavy atom. The van der Waals surface area contributed by atoms with Gasteiger partial charge in [0.15, 0.2) is 0 Å². The first kappa shape index (κ1) is 30.5. The number of fused-ring (bicyclic) bond motifs is 4. The second-order valence-corrected chi connectivity index (χ2v) is 11.1. The highest BCUT2D eigenvalue weighted by Crippen LogP contribution is 2.24. The molecule has 3 N–H and O–H groups in total. The van der Waals surface area contributed by atoms with Gasteiger partial charge in [0.25, 0.3) is 0 Å². The van der Waals surface area contributed by atoms with Crippen LogP contribution in [0.3, 0.4) is 0 Å². The molecule has 0 bridgehead atoms. The summed E-state index contributed by atoms with van der Waals surface area (Å²) < 4.78 is 17.4. The van der Waals surface area contributed by atoms with E-state index < -0.39 is 0 Å². The summed E-state index contributed by atoms with van der Waals surface area (Å²) in [6, 6.07) is 24.9. The van der Waals surface area contributed by atoms with Crippen molar-refractivity contribution < 1.29 is 18.7 Å². The first-order valence-electron chi connectivity index (χ1n) is 15.6. The van der Waals surface area contributed by atoms with Crippen LogP contribution < -0.4 is 10.6 Å². The predicted octanol–water partition coefficient (Wildman–Crippen LogP) is 5.51. The summed E-state index contributed by atoms with van der Waals surface area (Å²) in [5.41, 5.74) is 6.13. The number of amides is 1. The van der Waals surface area contributed by atoms with Crippen LogP contribution >= 0.6 is 0 Å². The van der Waals surface area contributed by atoms with E-state index in [1.807, 2.05) is 30.5 Å². The lowest BCUT2D eigenvalue weighted by Gasteiger charge is -2.08. The van der Waals surface area contributed by atoms with Crippen molar-refractivity contribution in [2.75, 3.05) is 39.5 Å². The van der Waals surface area contributed by atoms with E-state index in [2.05, 4.69) is 74.1 Å². The minimum atomic E-state index is -0.0154. The Labute approximate surface area is 262 Å². The van der Waals surface area contributed by atoms with Crippen LogP contribution in [0.1, 0.15) is 29.0 Å². The molecular formula is C36H39N5O4. The molecule has 0 aliphatic rings. The van der Waals surface area contributed by atoms with Crippen LogP contribution in [-0.2, 0) is 40.1 Å². The van der Waals surface area contributed by atoms with Crippen LogP contribution in [0.25, 0.3) is 32.9 Å². The molecule has 0 fully saturated rings. The molecule has 4 aromatic heterocycles. The maximum absolute atomic E-state index is 12.3. The summed E-state index contributed by atoms with van der Waals surface area (Å²) in [4.78, 5) is 24.4. The van der Waals surface area contributed by atoms with E-state index in [0.29, 0.717) is 45.8 Å². The van der Waals surface area contributed by atoms with Crippen molar-refractivity contribution in [2.45, 2.75) is 32.2 Å². The van der Waals surface area contributed by atoms with E-state index in [9.17, 15) is 4.79 Å². The van der Waals surface area contributed by atoms with E-state index in [-0.39, 0.29) is 5.91 Å². The van der Waals surface area contributed by atoms with Gasteiger partial charge in [-0.25, -0.2) is 4.98 Å². The topological polar surface area (TPSA) is 114 Å². The Bertz CT molecular complexity index is 1830. The molecule has 6 aromatic rings. The fourth-order valence-electron chi connectivity index (χ4n) is 5.36. The lowest BCUT2D eigenvalue weighted by atomic mass is 10.1. The zero-order valence-corrected chi connectivity index (χ0v) is 25.4. The molecule has 232 valence electrons. The number of H-pyrrole nitrogens is 1. The second-order valence-electron chi connectivity index (χ2n) is 11.1. The van der Waals surface area contributed by atoms with Crippen LogP contribution in [0.2, 0.25) is 0 Å². The number of furan rings is 1. The van der Waals surface area contributed by atoms with Gasteiger partial charge in [0.05, 0.1) is 31.9 Å². The van der Waals surface area contributed by atoms with Gasteiger partial charge in [0, 0.05) is 66.7 Å². The van der Waals surface area contributed by atoms with E-state index in [1.54, 1.807) is 6.20 Å². The molecule has 0 atom stereocenters. The Morgan fingerprint density at radius 2 is 1.69 bits per heavy atom. The molecule has 0 saturated heterocycles. The standard InChI is InChI=1S/C36H39N5O4/c42-35(13-10-29-9-12-31-32-25-37-15-14-33(32)41-36(31)40-29)39-17-19-44-21-20-43-18-16-38-24-27-6-8-28-23-30(45-34(28)22-27)11-7-26-4-2-1-3-5-26/h1-6,8-9,12,14-15,22-23,25,38H,7,10-11,13,16-21,24H2,(H,39,42)(H,40,41). The average molecular weight is 606 g/mol. The molecule has 9 heteroatoms. The van der Waals surface area contributed by atoms with Crippen LogP contribution in [0, 0.1) is 0 Å². The normalized spacial score (nSPS) is 11.6. The van der Waals surface area contributed by atoms with Crippen LogP contribution in [-0.4, -0.2) is 60.4 Å². The highest BCUT2D eigenvalue weighted by Gasteiger charge is 2.09. The van der Waals surface area contributed by atoms with Gasteiger partial charge in [0.2, 0.25) is 5.91 Å². The number of rotatable bonds is 17. The number of carbonyl (C=O) groups excluding carboxylic acids is 1. The Balaban J connectivity index is 0.784. The number of aryl methyl sites for hydroxylation is 3. The number of aromatic nitrogens is 3. The zero-order chi connectivity index (χ0) is 30.7. The van der Waals surface area contributed by atoms with Gasteiger partial charge in [0.1, 0.15) is 17.0 Å². The molecule has 0 unspecified atom stereocenters. The molecule has 0 aliphatic carbocycles. The third kappa shape index (κ3) is 8.54. The Morgan fingerprint density at radius 1 is 0.822 bits per heavy atom. The van der Waals surface area contributed by atoms with Gasteiger partial charge in [-0.3, -0.25) is 9.78 Å². The zero-order valence-electron chi connectivity index (χ0n) is 25.4. The monoisotopic (exact) mass is 605 g/mol. The molecule has 0 spiro atoms. The van der Waals surface area contributed by atoms with Gasteiger partial charge in [-0.2, -0.15) is 0 Å². The summed E-state index contributed by atoms with van der Waals surface area (Å²) in [6.45, 7) is 4.01. The number of hydrogen-bond donors (Lipinski definition) is 3. The number of hydrogen-bond acceptors (Lipinski definition) is 7. The molecule has 2 aromatic carbocycles. The summed E-state index contributed by atoms with van der Waals surface area (Å²) in [5, 5.41) is 9.55. The van der Waals surface area contributed by atoms with E-state index in [0.717, 1.165) is 70.3 Å². The SMILES string of the molecule is O=C(CCc1ccc2c(n1)[nH]c1ccncc12)NCCOCCOCCNCc1ccc2cc(CCc3ccccc3)oc2c1. The molecule has 0 aliphatic heterocycles. The number of nitrogens with zero attached hydrogens (tertiary/aromatic N) is 2. The average Bonchev–Trinajstić information content (AvgIpc) is 3.66. The maximum Gasteiger partial charge on any atom is 0.220 e. The maximum atomic E-state index is 12.3. The van der Waals surface area contributed by atoms with Crippen molar-refractivity contribution in [2.24, 2.45) is 0 Å². The third-order valence-corrected chi connectivity index (χ3v) is 7.76. The van der Waals surface area contributed by atoms with E-state index in [1.165, 1.54) is 11.1 Å². The molecule has 4 heterocycles. The Kier molecular flexibility index (Phi) is 10.4. The number of ether oxygens (including phenoxy) is 2. The van der Waals surface area contributed by atoms with Gasteiger partial charge >= 0.3 is 0 Å². The minimum Gasteiger partial charge on any atom is -0.461 e. The number of nitrogens with one attached hydrogen (secondary N) is 3. The van der Waals surface area contributed by atoms with Crippen LogP contribution in [0.15, 0.2) is 89.6 Å². The number of pyridine rings is 2. The van der Waals surface area contributed by atoms with Gasteiger partial charge < -0.3 is 29.5 Å². The van der Waals surface area contributed by atoms with Gasteiger partial charge in [-0.05, 0) is 54.3 Å². The van der Waals surface area contributed by atoms with Crippen molar-refractivity contribution in [3.05, 3.63) is 108 Å². The fourth-order valence-corrected chi connectivity index (χ4v) is 5.36. The van der Waals surface area contributed by atoms with Crippen molar-refractivity contribution in [3.63, 3.8) is 0 Å². The molecule has 0 radical (unpaired) electrons. The molecule has 6 rings (SSSR count). The molecule has 0 saturated carbocycles. The fraction of sp³-hybridized carbons (Fsp3) is 0.306. The van der Waals surface area contributed by atoms with Gasteiger partial charge in [-0.1, -0.05) is 42.5 Å². The molecule has 45 heavy (non-hydrogen) atoms. The number of carbonyl (C=O) groups is 1. The first-order valence-corrected chi connectivity index (χ1v) is 15.6. The summed E-state index contributed by atoms with van der Waals surface area (Å²) in [5.74, 6) is 1.00. The smallest absolute Gasteiger partial charge is 0.220 e. The van der Waals surface area contributed by atoms with Crippen molar-refractivity contribution in [1.82, 2.24) is 25.6 Å². The van der Waals surface area contributed by atoms with Crippen molar-refractivity contribution in [3.8, 4) is 0 Å². The molecule has 1 amide bonds. The highest BCUT2D eigenvalue weighted by atomic mass is 16.5. The summed E-state index contributed by atoms with van der Waals surface area (Å²) >= 11 is 0. The second kappa shape index (κ2) is 15.4. The highest BCUT2D eigenvalue weighted by molar-refractivity contribution is 6.05. The number of benzene rings is 2. The Hall–Kier alpha value is -4.57. The number of aromatic amines is 1. The first-order chi connectivity index (χ1) is 22.2. The lowest BCUT2D eigenvalue weighted by molar-refractivity contribution is -0.121. The van der Waals surface area contributed by atoms with E-state index >= 15 is 0 Å². The van der Waals surface area contributed by atoms with Crippen molar-refractivity contribution >= 4 is 38.8 Å². The summed E-state index contributed by atoms with van der Waals surface area (Å²) in [6.07, 6.45) is 6.41. The van der Waals surface area contributed by atoms with Crippen molar-refractivity contribution in [1.29, 1.82) is 0 Å². The third-order valence-electron chi connectivity index (χ3n) is 7.76. The molecule has 9 nitrogen and oxygen atoms in total. The molecular weight excluding hydrogens is 566 g/mol. The summed E-state index contributed by atoms with van der Waals surface area (Å²) in [7, 11) is 0. The van der Waals surface area contributed by atoms with Crippen LogP contribution in [0.4, 0.5) is 0 Å². The quantitative estimate of drug-likeness (QED) is 0.117. The van der Waals surface area contributed by atoms with E-state index in [4.69, 9.17) is 13.9 Å². The minimum absolute atomic E-state index is 0.0154. The predicted molar refractivity (Wildman–Crippen MR) is 176 cm³/mol. The van der Waals surface area contributed by atoms with Gasteiger partial charge in [-0.15, -0.1) is 0 Å². The lowest BCUT2D eigenvalue weighted by Crippen LogP contribution is -2.28.